The summed E-state index contributed by atoms with van der Waals surface area (Å²) in [5.41, 5.74) is 0.712. The van der Waals surface area contributed by atoms with Crippen molar-refractivity contribution in [1.82, 2.24) is 4.90 Å². The molecule has 0 spiro atoms. The summed E-state index contributed by atoms with van der Waals surface area (Å²) in [6.07, 6.45) is 3.61. The number of hydrogen-bond donors (Lipinski definition) is 1. The lowest BCUT2D eigenvalue weighted by atomic mass is 9.81. The van der Waals surface area contributed by atoms with Gasteiger partial charge in [-0.25, -0.2) is 0 Å². The molecule has 162 valence electrons. The molecule has 1 N–H and O–H groups in total. The number of benzene rings is 1. The number of fused-ring (bicyclic) bond motifs is 5. The lowest BCUT2D eigenvalue weighted by Gasteiger charge is -2.28. The number of imide groups is 1. The van der Waals surface area contributed by atoms with E-state index in [1.807, 2.05) is 18.2 Å². The van der Waals surface area contributed by atoms with Crippen LogP contribution in [-0.2, 0) is 14.4 Å². The van der Waals surface area contributed by atoms with Crippen molar-refractivity contribution in [3.63, 3.8) is 0 Å². The summed E-state index contributed by atoms with van der Waals surface area (Å²) in [6.45, 7) is 0.460. The van der Waals surface area contributed by atoms with E-state index >= 15 is 0 Å². The third kappa shape index (κ3) is 3.93. The molecule has 2 saturated carbocycles. The maximum absolute atomic E-state index is 12.9. The molecular weight excluding hydrogens is 516 g/mol. The Hall–Kier alpha value is -1.41. The van der Waals surface area contributed by atoms with Gasteiger partial charge in [0.15, 0.2) is 0 Å². The molecule has 2 aliphatic carbocycles. The third-order valence-corrected chi connectivity index (χ3v) is 9.92. The summed E-state index contributed by atoms with van der Waals surface area (Å²) >= 11 is 7.42. The number of amides is 3. The van der Waals surface area contributed by atoms with Crippen molar-refractivity contribution in [2.75, 3.05) is 19.0 Å². The van der Waals surface area contributed by atoms with Crippen molar-refractivity contribution in [2.24, 2.45) is 23.7 Å². The maximum atomic E-state index is 12.9. The topological polar surface area (TPSA) is 75.7 Å². The van der Waals surface area contributed by atoms with Crippen LogP contribution in [0.25, 0.3) is 0 Å². The van der Waals surface area contributed by atoms with Crippen LogP contribution >= 0.6 is 31.9 Å². The van der Waals surface area contributed by atoms with Crippen LogP contribution in [0.3, 0.4) is 0 Å². The van der Waals surface area contributed by atoms with Gasteiger partial charge >= 0.3 is 0 Å². The van der Waals surface area contributed by atoms with Crippen LogP contribution in [0.15, 0.2) is 24.3 Å². The Morgan fingerprint density at radius 1 is 1.10 bits per heavy atom. The highest BCUT2D eigenvalue weighted by atomic mass is 79.9. The fraction of sp³-hybridized carbons (Fsp3) is 0.591. The zero-order valence-corrected chi connectivity index (χ0v) is 20.0. The SMILES string of the molecule is COc1cccc(NC(=O)CCCCCN2C(=O)[C@H]3[C@@H]4C[C@@H]([C@@H](Br)[C@H]4Br)[C@@H]3C2=O)c1. The molecule has 0 radical (unpaired) electrons. The molecule has 1 saturated heterocycles. The van der Waals surface area contributed by atoms with Crippen LogP contribution in [0.1, 0.15) is 32.1 Å². The lowest BCUT2D eigenvalue weighted by molar-refractivity contribution is -0.140. The quantitative estimate of drug-likeness (QED) is 0.307. The number of carbonyl (C=O) groups is 3. The van der Waals surface area contributed by atoms with E-state index in [9.17, 15) is 14.4 Å². The second kappa shape index (κ2) is 8.99. The second-order valence-corrected chi connectivity index (χ2v) is 10.5. The maximum Gasteiger partial charge on any atom is 0.233 e. The summed E-state index contributed by atoms with van der Waals surface area (Å²) in [7, 11) is 1.59. The summed E-state index contributed by atoms with van der Waals surface area (Å²) < 4.78 is 5.16. The Bertz CT molecular complexity index is 816. The number of carbonyl (C=O) groups excluding carboxylic acids is 3. The standard InChI is InChI=1S/C22H26Br2N2O4/c1-30-13-7-5-6-12(10-13)25-16(27)8-3-2-4-9-26-21(28)17-14-11-15(18(17)22(26)29)20(24)19(14)23/h5-7,10,14-15,17-20H,2-4,8-9,11H2,1H3,(H,25,27)/t14-,15+,17-,18-,19-,20+/m0/s1. The molecule has 1 aliphatic heterocycles. The lowest BCUT2D eigenvalue weighted by Crippen LogP contribution is -2.37. The Morgan fingerprint density at radius 2 is 1.77 bits per heavy atom. The Kier molecular flexibility index (Phi) is 6.53. The molecule has 4 rings (SSSR count). The normalized spacial score (nSPS) is 31.9. The molecule has 3 amide bonds. The number of anilines is 1. The first-order chi connectivity index (χ1) is 14.4. The fourth-order valence-corrected chi connectivity index (χ4v) is 7.16. The molecule has 8 heteroatoms. The van der Waals surface area contributed by atoms with Gasteiger partial charge in [-0.3, -0.25) is 19.3 Å². The van der Waals surface area contributed by atoms with E-state index in [0.717, 1.165) is 25.7 Å². The number of likely N-dealkylation sites (tertiary alicyclic amines) is 1. The minimum Gasteiger partial charge on any atom is -0.497 e. The molecule has 1 aromatic carbocycles. The van der Waals surface area contributed by atoms with Crippen LogP contribution in [0.2, 0.25) is 0 Å². The van der Waals surface area contributed by atoms with E-state index < -0.39 is 0 Å². The monoisotopic (exact) mass is 540 g/mol. The Labute approximate surface area is 193 Å². The molecular formula is C22H26Br2N2O4. The molecule has 6 atom stereocenters. The van der Waals surface area contributed by atoms with Gasteiger partial charge in [0.05, 0.1) is 18.9 Å². The van der Waals surface area contributed by atoms with Crippen LogP contribution in [0, 0.1) is 23.7 Å². The highest BCUT2D eigenvalue weighted by molar-refractivity contribution is 9.12. The number of nitrogens with zero attached hydrogens (tertiary/aromatic N) is 1. The van der Waals surface area contributed by atoms with Gasteiger partial charge < -0.3 is 10.1 Å². The van der Waals surface area contributed by atoms with Gasteiger partial charge in [0.25, 0.3) is 0 Å². The number of nitrogens with one attached hydrogen (secondary N) is 1. The molecule has 1 aromatic rings. The van der Waals surface area contributed by atoms with Crippen LogP contribution in [0.4, 0.5) is 5.69 Å². The predicted molar refractivity (Wildman–Crippen MR) is 121 cm³/mol. The summed E-state index contributed by atoms with van der Waals surface area (Å²) in [4.78, 5) is 39.9. The van der Waals surface area contributed by atoms with Gasteiger partial charge in [-0.15, -0.1) is 0 Å². The minimum absolute atomic E-state index is 0.0112. The molecule has 0 unspecified atom stereocenters. The average molecular weight is 542 g/mol. The zero-order chi connectivity index (χ0) is 21.4. The number of unbranched alkanes of at least 4 members (excludes halogenated alkanes) is 2. The first-order valence-corrected chi connectivity index (χ1v) is 12.3. The summed E-state index contributed by atoms with van der Waals surface area (Å²) in [5.74, 6) is 0.896. The molecule has 30 heavy (non-hydrogen) atoms. The van der Waals surface area contributed by atoms with Gasteiger partial charge in [0, 0.05) is 34.4 Å². The van der Waals surface area contributed by atoms with E-state index in [1.54, 1.807) is 13.2 Å². The van der Waals surface area contributed by atoms with Crippen molar-refractivity contribution < 1.29 is 19.1 Å². The van der Waals surface area contributed by atoms with Crippen molar-refractivity contribution in [3.8, 4) is 5.75 Å². The smallest absolute Gasteiger partial charge is 0.233 e. The highest BCUT2D eigenvalue weighted by Crippen LogP contribution is 2.60. The molecule has 6 nitrogen and oxygen atoms in total. The van der Waals surface area contributed by atoms with Crippen molar-refractivity contribution in [2.45, 2.75) is 41.8 Å². The molecule has 2 bridgehead atoms. The number of hydrogen-bond acceptors (Lipinski definition) is 4. The van der Waals surface area contributed by atoms with E-state index in [4.69, 9.17) is 4.74 Å². The number of ether oxygens (including phenoxy) is 1. The van der Waals surface area contributed by atoms with Crippen LogP contribution in [0.5, 0.6) is 5.75 Å². The largest absolute Gasteiger partial charge is 0.497 e. The average Bonchev–Trinajstić information content (AvgIpc) is 3.34. The van der Waals surface area contributed by atoms with Gasteiger partial charge in [-0.2, -0.15) is 0 Å². The van der Waals surface area contributed by atoms with E-state index in [0.29, 0.717) is 24.4 Å². The van der Waals surface area contributed by atoms with E-state index in [-0.39, 0.29) is 51.0 Å². The highest BCUT2D eigenvalue weighted by Gasteiger charge is 2.66. The predicted octanol–water partition coefficient (Wildman–Crippen LogP) is 3.97. The van der Waals surface area contributed by atoms with Gasteiger partial charge in [0.2, 0.25) is 17.7 Å². The van der Waals surface area contributed by atoms with Gasteiger partial charge in [-0.1, -0.05) is 44.3 Å². The first-order valence-electron chi connectivity index (χ1n) is 10.5. The molecule has 1 heterocycles. The molecule has 0 aromatic heterocycles. The second-order valence-electron chi connectivity index (χ2n) is 8.42. The molecule has 3 aliphatic rings. The Morgan fingerprint density at radius 3 is 2.40 bits per heavy atom. The minimum atomic E-state index is -0.144. The fourth-order valence-electron chi connectivity index (χ4n) is 5.29. The van der Waals surface area contributed by atoms with Gasteiger partial charge in [-0.05, 0) is 43.2 Å². The van der Waals surface area contributed by atoms with Crippen molar-refractivity contribution in [3.05, 3.63) is 24.3 Å². The number of alkyl halides is 2. The molecule has 3 fully saturated rings. The number of methoxy groups -OCH3 is 1. The van der Waals surface area contributed by atoms with Crippen LogP contribution < -0.4 is 10.1 Å². The number of halogens is 2. The van der Waals surface area contributed by atoms with Crippen molar-refractivity contribution in [1.29, 1.82) is 0 Å². The van der Waals surface area contributed by atoms with E-state index in [2.05, 4.69) is 37.2 Å². The zero-order valence-electron chi connectivity index (χ0n) is 16.9. The first kappa shape index (κ1) is 21.8. The summed E-state index contributed by atoms with van der Waals surface area (Å²) in [6, 6.07) is 7.26. The number of rotatable bonds is 8. The van der Waals surface area contributed by atoms with Crippen molar-refractivity contribution >= 4 is 55.3 Å². The van der Waals surface area contributed by atoms with E-state index in [1.165, 1.54) is 4.90 Å². The third-order valence-electron chi connectivity index (χ3n) is 6.72. The van der Waals surface area contributed by atoms with Crippen LogP contribution in [-0.4, -0.2) is 45.9 Å². The van der Waals surface area contributed by atoms with Gasteiger partial charge in [0.1, 0.15) is 5.75 Å². The Balaban J connectivity index is 1.20. The summed E-state index contributed by atoms with van der Waals surface area (Å²) in [5, 5.41) is 2.87.